The number of nitrogens with two attached hydrogens (primary N) is 1. The Kier molecular flexibility index (Phi) is 5.06. The van der Waals surface area contributed by atoms with Gasteiger partial charge in [-0.1, -0.05) is 6.08 Å². The third kappa shape index (κ3) is 3.97. The van der Waals surface area contributed by atoms with Crippen molar-refractivity contribution in [2.45, 2.75) is 52.7 Å². The van der Waals surface area contributed by atoms with Gasteiger partial charge in [-0.2, -0.15) is 0 Å². The van der Waals surface area contributed by atoms with E-state index in [0.717, 1.165) is 16.6 Å². The molecule has 0 bridgehead atoms. The van der Waals surface area contributed by atoms with Crippen LogP contribution in [-0.2, 0) is 14.1 Å². The van der Waals surface area contributed by atoms with E-state index >= 15 is 0 Å². The highest BCUT2D eigenvalue weighted by atomic mass is 16.7. The van der Waals surface area contributed by atoms with Crippen molar-refractivity contribution in [1.82, 2.24) is 10.3 Å². The topological polar surface area (TPSA) is 86.5 Å². The van der Waals surface area contributed by atoms with E-state index in [1.807, 2.05) is 46.8 Å². The molecule has 1 aromatic rings. The van der Waals surface area contributed by atoms with E-state index in [4.69, 9.17) is 15.0 Å². The highest BCUT2D eigenvalue weighted by molar-refractivity contribution is 6.56. The summed E-state index contributed by atoms with van der Waals surface area (Å²) >= 11 is 0. The standard InChI is InChI=1S/C17H26BN3O3/c1-11-7-15(19)21-9-13(11)8-14(10-20-12(2)22)18-23-16(3,4)17(5,6)24-18/h7-9H,10H2,1-6H3,(H2,19,21)(H,20,22). The van der Waals surface area contributed by atoms with Gasteiger partial charge in [-0.25, -0.2) is 4.98 Å². The lowest BCUT2D eigenvalue weighted by molar-refractivity contribution is -0.118. The summed E-state index contributed by atoms with van der Waals surface area (Å²) in [5.41, 5.74) is 7.57. The summed E-state index contributed by atoms with van der Waals surface area (Å²) in [5.74, 6) is 0.369. The van der Waals surface area contributed by atoms with Crippen LogP contribution in [0.4, 0.5) is 5.82 Å². The summed E-state index contributed by atoms with van der Waals surface area (Å²) < 4.78 is 12.2. The molecule has 2 heterocycles. The molecule has 7 heteroatoms. The van der Waals surface area contributed by atoms with Crippen LogP contribution in [0.3, 0.4) is 0 Å². The molecule has 2 rings (SSSR count). The number of carbonyl (C=O) groups is 1. The number of nitrogen functional groups attached to an aromatic ring is 1. The van der Waals surface area contributed by atoms with Crippen molar-refractivity contribution in [3.05, 3.63) is 28.9 Å². The van der Waals surface area contributed by atoms with E-state index in [-0.39, 0.29) is 5.91 Å². The predicted molar refractivity (Wildman–Crippen MR) is 96.1 cm³/mol. The number of aromatic nitrogens is 1. The largest absolute Gasteiger partial charge is 0.492 e. The summed E-state index contributed by atoms with van der Waals surface area (Å²) in [6, 6.07) is 1.81. The molecule has 1 aliphatic rings. The maximum atomic E-state index is 11.3. The minimum Gasteiger partial charge on any atom is -0.400 e. The van der Waals surface area contributed by atoms with Crippen molar-refractivity contribution in [2.75, 3.05) is 12.3 Å². The first-order valence-corrected chi connectivity index (χ1v) is 8.04. The Bertz CT molecular complexity index is 655. The molecule has 1 aliphatic heterocycles. The first-order valence-electron chi connectivity index (χ1n) is 8.04. The summed E-state index contributed by atoms with van der Waals surface area (Å²) in [6.45, 7) is 11.8. The molecule has 0 unspecified atom stereocenters. The maximum absolute atomic E-state index is 11.3. The highest BCUT2D eigenvalue weighted by Crippen LogP contribution is 2.38. The van der Waals surface area contributed by atoms with Crippen LogP contribution >= 0.6 is 0 Å². The Morgan fingerprint density at radius 3 is 2.42 bits per heavy atom. The normalized spacial score (nSPS) is 19.4. The number of nitrogens with one attached hydrogen (secondary N) is 1. The number of rotatable bonds is 4. The molecule has 1 fully saturated rings. The van der Waals surface area contributed by atoms with Crippen molar-refractivity contribution in [3.63, 3.8) is 0 Å². The van der Waals surface area contributed by atoms with Crippen molar-refractivity contribution in [3.8, 4) is 0 Å². The second-order valence-corrected chi connectivity index (χ2v) is 7.18. The van der Waals surface area contributed by atoms with Gasteiger partial charge in [0.15, 0.2) is 0 Å². The molecule has 1 amide bonds. The number of anilines is 1. The van der Waals surface area contributed by atoms with Crippen LogP contribution < -0.4 is 11.1 Å². The van der Waals surface area contributed by atoms with Crippen LogP contribution in [0.5, 0.6) is 0 Å². The third-order valence-corrected chi connectivity index (χ3v) is 4.61. The molecule has 6 nitrogen and oxygen atoms in total. The number of aryl methyl sites for hydroxylation is 1. The van der Waals surface area contributed by atoms with Crippen LogP contribution in [0.25, 0.3) is 6.08 Å². The van der Waals surface area contributed by atoms with Crippen molar-refractivity contribution in [2.24, 2.45) is 0 Å². The minimum absolute atomic E-state index is 0.107. The average Bonchev–Trinajstić information content (AvgIpc) is 2.65. The number of amides is 1. The van der Waals surface area contributed by atoms with Crippen LogP contribution in [-0.4, -0.2) is 35.8 Å². The fourth-order valence-electron chi connectivity index (χ4n) is 2.36. The number of hydrogen-bond donors (Lipinski definition) is 2. The molecule has 130 valence electrons. The fourth-order valence-corrected chi connectivity index (χ4v) is 2.36. The lowest BCUT2D eigenvalue weighted by Gasteiger charge is -2.32. The molecule has 0 saturated carbocycles. The molecule has 0 spiro atoms. The van der Waals surface area contributed by atoms with Gasteiger partial charge in [0, 0.05) is 19.7 Å². The van der Waals surface area contributed by atoms with Crippen LogP contribution in [0.1, 0.15) is 45.7 Å². The fraction of sp³-hybridized carbons (Fsp3) is 0.529. The summed E-state index contributed by atoms with van der Waals surface area (Å²) in [4.78, 5) is 15.5. The van der Waals surface area contributed by atoms with Crippen LogP contribution in [0.15, 0.2) is 17.7 Å². The number of carbonyl (C=O) groups excluding carboxylic acids is 1. The minimum atomic E-state index is -0.529. The van der Waals surface area contributed by atoms with Crippen molar-refractivity contribution in [1.29, 1.82) is 0 Å². The van der Waals surface area contributed by atoms with Gasteiger partial charge >= 0.3 is 7.12 Å². The molecule has 24 heavy (non-hydrogen) atoms. The quantitative estimate of drug-likeness (QED) is 0.826. The number of nitrogens with zero attached hydrogens (tertiary/aromatic N) is 1. The Morgan fingerprint density at radius 2 is 1.92 bits per heavy atom. The predicted octanol–water partition coefficient (Wildman–Crippen LogP) is 2.12. The van der Waals surface area contributed by atoms with Crippen molar-refractivity contribution < 1.29 is 14.1 Å². The van der Waals surface area contributed by atoms with Gasteiger partial charge in [-0.05, 0) is 57.3 Å². The van der Waals surface area contributed by atoms with Gasteiger partial charge in [0.1, 0.15) is 5.82 Å². The highest BCUT2D eigenvalue weighted by Gasteiger charge is 2.52. The molecule has 0 atom stereocenters. The summed E-state index contributed by atoms with van der Waals surface area (Å²) in [7, 11) is -0.529. The molecule has 1 aromatic heterocycles. The van der Waals surface area contributed by atoms with Gasteiger partial charge in [0.2, 0.25) is 5.91 Å². The van der Waals surface area contributed by atoms with E-state index in [2.05, 4.69) is 10.3 Å². The smallest absolute Gasteiger partial charge is 0.400 e. The Morgan fingerprint density at radius 1 is 1.33 bits per heavy atom. The number of pyridine rings is 1. The molecule has 1 saturated heterocycles. The Labute approximate surface area is 144 Å². The van der Waals surface area contributed by atoms with E-state index in [9.17, 15) is 4.79 Å². The second-order valence-electron chi connectivity index (χ2n) is 7.18. The lowest BCUT2D eigenvalue weighted by Crippen LogP contribution is -2.41. The van der Waals surface area contributed by atoms with Gasteiger partial charge in [-0.3, -0.25) is 4.79 Å². The monoisotopic (exact) mass is 331 g/mol. The molecule has 0 radical (unpaired) electrons. The average molecular weight is 331 g/mol. The zero-order chi connectivity index (χ0) is 18.1. The van der Waals surface area contributed by atoms with Crippen LogP contribution in [0.2, 0.25) is 0 Å². The zero-order valence-electron chi connectivity index (χ0n) is 15.3. The number of hydrogen-bond acceptors (Lipinski definition) is 5. The molecule has 3 N–H and O–H groups in total. The van der Waals surface area contributed by atoms with Gasteiger partial charge < -0.3 is 20.4 Å². The Hall–Kier alpha value is -1.86. The summed E-state index contributed by atoms with van der Waals surface area (Å²) in [6.07, 6.45) is 3.66. The maximum Gasteiger partial charge on any atom is 0.492 e. The van der Waals surface area contributed by atoms with E-state index in [1.54, 1.807) is 6.20 Å². The zero-order valence-corrected chi connectivity index (χ0v) is 15.3. The first-order chi connectivity index (χ1) is 11.0. The van der Waals surface area contributed by atoms with Crippen molar-refractivity contribution >= 4 is 24.9 Å². The molecular weight excluding hydrogens is 305 g/mol. The van der Waals surface area contributed by atoms with Gasteiger partial charge in [-0.15, -0.1) is 0 Å². The second kappa shape index (κ2) is 6.57. The van der Waals surface area contributed by atoms with E-state index in [0.29, 0.717) is 12.4 Å². The van der Waals surface area contributed by atoms with E-state index in [1.165, 1.54) is 6.92 Å². The van der Waals surface area contributed by atoms with E-state index < -0.39 is 18.3 Å². The summed E-state index contributed by atoms with van der Waals surface area (Å²) in [5, 5.41) is 2.82. The molecule has 0 aliphatic carbocycles. The molecular formula is C17H26BN3O3. The van der Waals surface area contributed by atoms with Gasteiger partial charge in [0.05, 0.1) is 11.2 Å². The third-order valence-electron chi connectivity index (χ3n) is 4.61. The first kappa shape index (κ1) is 18.5. The lowest BCUT2D eigenvalue weighted by atomic mass is 9.76. The van der Waals surface area contributed by atoms with Gasteiger partial charge in [0.25, 0.3) is 0 Å². The van der Waals surface area contributed by atoms with Crippen LogP contribution in [0, 0.1) is 6.92 Å². The molecule has 0 aromatic carbocycles. The SMILES string of the molecule is CC(=O)NCC(=Cc1cnc(N)cc1C)B1OC(C)(C)C(C)(C)O1. The Balaban J connectivity index is 2.35.